The van der Waals surface area contributed by atoms with E-state index in [2.05, 4.69) is 25.7 Å². The first-order valence-electron chi connectivity index (χ1n) is 10.5. The van der Waals surface area contributed by atoms with Crippen molar-refractivity contribution >= 4 is 32.4 Å². The maximum atomic E-state index is 12.9. The van der Waals surface area contributed by atoms with Crippen molar-refractivity contribution in [3.8, 4) is 17.1 Å². The summed E-state index contributed by atoms with van der Waals surface area (Å²) in [4.78, 5) is 16.7. The smallest absolute Gasteiger partial charge is 0.272 e. The first-order chi connectivity index (χ1) is 16.8. The zero-order valence-electron chi connectivity index (χ0n) is 19.1. The van der Waals surface area contributed by atoms with E-state index in [-0.39, 0.29) is 21.9 Å². The van der Waals surface area contributed by atoms with Gasteiger partial charge in [0.2, 0.25) is 21.2 Å². The van der Waals surface area contributed by atoms with Crippen LogP contribution in [0.15, 0.2) is 57.4 Å². The van der Waals surface area contributed by atoms with E-state index >= 15 is 0 Å². The number of aryl methyl sites for hydroxylation is 1. The molecule has 0 aliphatic rings. The molecular formula is C22H22N6O5S2. The molecule has 2 aromatic carbocycles. The highest BCUT2D eigenvalue weighted by Crippen LogP contribution is 2.25. The van der Waals surface area contributed by atoms with Gasteiger partial charge in [-0.3, -0.25) is 10.1 Å². The van der Waals surface area contributed by atoms with Crippen LogP contribution in [0.2, 0.25) is 0 Å². The molecule has 182 valence electrons. The van der Waals surface area contributed by atoms with Crippen LogP contribution >= 0.6 is 11.3 Å². The number of amides is 1. The number of carbonyl (C=O) groups is 1. The molecule has 0 saturated carbocycles. The molecule has 4 aromatic rings. The summed E-state index contributed by atoms with van der Waals surface area (Å²) in [6.45, 7) is 4.15. The SMILES string of the molecule is CCOc1ccc(-c2noc(CN(C)S(=O)(=O)c3nnc(NC(=O)c4cccc(C)c4)s3)n2)cc1. The lowest BCUT2D eigenvalue weighted by Crippen LogP contribution is -2.26. The largest absolute Gasteiger partial charge is 0.494 e. The van der Waals surface area contributed by atoms with Crippen molar-refractivity contribution in [3.05, 3.63) is 65.5 Å². The Labute approximate surface area is 205 Å². The van der Waals surface area contributed by atoms with E-state index in [0.29, 0.717) is 23.6 Å². The quantitative estimate of drug-likeness (QED) is 0.333. The molecule has 0 fully saturated rings. The van der Waals surface area contributed by atoms with Gasteiger partial charge in [-0.25, -0.2) is 8.42 Å². The Morgan fingerprint density at radius 3 is 2.66 bits per heavy atom. The number of anilines is 1. The number of aromatic nitrogens is 4. The average Bonchev–Trinajstić information content (AvgIpc) is 3.50. The Morgan fingerprint density at radius 2 is 1.94 bits per heavy atom. The zero-order chi connectivity index (χ0) is 25.0. The fourth-order valence-corrected chi connectivity index (χ4v) is 5.24. The van der Waals surface area contributed by atoms with Gasteiger partial charge in [0.15, 0.2) is 0 Å². The number of sulfonamides is 1. The van der Waals surface area contributed by atoms with Gasteiger partial charge in [-0.05, 0) is 50.2 Å². The highest BCUT2D eigenvalue weighted by molar-refractivity contribution is 7.91. The van der Waals surface area contributed by atoms with Crippen LogP contribution in [0.5, 0.6) is 5.75 Å². The van der Waals surface area contributed by atoms with E-state index in [1.165, 1.54) is 7.05 Å². The van der Waals surface area contributed by atoms with Crippen LogP contribution in [0.1, 0.15) is 28.7 Å². The van der Waals surface area contributed by atoms with Gasteiger partial charge in [-0.15, -0.1) is 10.2 Å². The fraction of sp³-hybridized carbons (Fsp3) is 0.227. The molecule has 0 bridgehead atoms. The minimum Gasteiger partial charge on any atom is -0.494 e. The Balaban J connectivity index is 1.42. The summed E-state index contributed by atoms with van der Waals surface area (Å²) in [5, 5.41) is 14.1. The number of benzene rings is 2. The van der Waals surface area contributed by atoms with Gasteiger partial charge < -0.3 is 9.26 Å². The number of carbonyl (C=O) groups excluding carboxylic acids is 1. The molecule has 2 heterocycles. The minimum atomic E-state index is -4.01. The first kappa shape index (κ1) is 24.4. The van der Waals surface area contributed by atoms with Gasteiger partial charge >= 0.3 is 0 Å². The molecule has 35 heavy (non-hydrogen) atoms. The van der Waals surface area contributed by atoms with Crippen LogP contribution in [0.25, 0.3) is 11.4 Å². The predicted octanol–water partition coefficient (Wildman–Crippen LogP) is 3.37. The minimum absolute atomic E-state index is 0.0686. The second kappa shape index (κ2) is 10.3. The topological polar surface area (TPSA) is 140 Å². The van der Waals surface area contributed by atoms with Crippen molar-refractivity contribution in [1.29, 1.82) is 0 Å². The van der Waals surface area contributed by atoms with E-state index in [1.807, 2.05) is 19.9 Å². The Hall–Kier alpha value is -3.68. The molecule has 11 nitrogen and oxygen atoms in total. The first-order valence-corrected chi connectivity index (χ1v) is 12.8. The Morgan fingerprint density at radius 1 is 1.17 bits per heavy atom. The third-order valence-corrected chi connectivity index (χ3v) is 7.78. The molecule has 0 unspecified atom stereocenters. The lowest BCUT2D eigenvalue weighted by atomic mass is 10.1. The number of hydrogen-bond acceptors (Lipinski definition) is 10. The van der Waals surface area contributed by atoms with E-state index in [4.69, 9.17) is 9.26 Å². The van der Waals surface area contributed by atoms with Crippen molar-refractivity contribution in [2.45, 2.75) is 24.7 Å². The molecule has 0 atom stereocenters. The van der Waals surface area contributed by atoms with Crippen LogP contribution in [0.3, 0.4) is 0 Å². The van der Waals surface area contributed by atoms with E-state index in [9.17, 15) is 13.2 Å². The van der Waals surface area contributed by atoms with Crippen molar-refractivity contribution in [2.75, 3.05) is 19.0 Å². The molecule has 0 radical (unpaired) electrons. The van der Waals surface area contributed by atoms with E-state index < -0.39 is 15.9 Å². The van der Waals surface area contributed by atoms with Crippen molar-refractivity contribution in [2.24, 2.45) is 0 Å². The summed E-state index contributed by atoms with van der Waals surface area (Å²) in [5.41, 5.74) is 2.06. The maximum absolute atomic E-state index is 12.9. The molecule has 1 N–H and O–H groups in total. The number of hydrogen-bond donors (Lipinski definition) is 1. The molecule has 4 rings (SSSR count). The van der Waals surface area contributed by atoms with Crippen molar-refractivity contribution in [3.63, 3.8) is 0 Å². The van der Waals surface area contributed by atoms with Gasteiger partial charge in [0.05, 0.1) is 13.2 Å². The summed E-state index contributed by atoms with van der Waals surface area (Å²) >= 11 is 0.751. The van der Waals surface area contributed by atoms with Gasteiger partial charge in [-0.1, -0.05) is 34.2 Å². The third kappa shape index (κ3) is 5.70. The normalized spacial score (nSPS) is 11.5. The van der Waals surface area contributed by atoms with Crippen molar-refractivity contribution < 1.29 is 22.5 Å². The number of nitrogens with one attached hydrogen (secondary N) is 1. The van der Waals surface area contributed by atoms with Crippen molar-refractivity contribution in [1.82, 2.24) is 24.6 Å². The average molecular weight is 515 g/mol. The predicted molar refractivity (Wildman–Crippen MR) is 129 cm³/mol. The Bertz CT molecular complexity index is 1430. The number of nitrogens with zero attached hydrogens (tertiary/aromatic N) is 5. The molecule has 2 aromatic heterocycles. The summed E-state index contributed by atoms with van der Waals surface area (Å²) in [5.74, 6) is 0.746. The van der Waals surface area contributed by atoms with Crippen LogP contribution < -0.4 is 10.1 Å². The summed E-state index contributed by atoms with van der Waals surface area (Å²) < 4.78 is 37.3. The van der Waals surface area contributed by atoms with Crippen LogP contribution in [-0.2, 0) is 16.6 Å². The number of ether oxygens (including phenoxy) is 1. The summed E-state index contributed by atoms with van der Waals surface area (Å²) in [6, 6.07) is 14.1. The lowest BCUT2D eigenvalue weighted by molar-refractivity contribution is 0.102. The highest BCUT2D eigenvalue weighted by Gasteiger charge is 2.28. The highest BCUT2D eigenvalue weighted by atomic mass is 32.2. The molecule has 1 amide bonds. The van der Waals surface area contributed by atoms with E-state index in [0.717, 1.165) is 27.0 Å². The second-order valence-corrected chi connectivity index (χ2v) is 10.6. The summed E-state index contributed by atoms with van der Waals surface area (Å²) in [6.07, 6.45) is 0. The molecule has 0 saturated heterocycles. The van der Waals surface area contributed by atoms with Crippen LogP contribution in [0, 0.1) is 6.92 Å². The number of rotatable bonds is 9. The van der Waals surface area contributed by atoms with Gasteiger partial charge in [0.25, 0.3) is 15.9 Å². The van der Waals surface area contributed by atoms with Gasteiger partial charge in [0, 0.05) is 18.2 Å². The van der Waals surface area contributed by atoms with Gasteiger partial charge in [0.1, 0.15) is 5.75 Å². The van der Waals surface area contributed by atoms with Gasteiger partial charge in [-0.2, -0.15) is 9.29 Å². The molecule has 0 aliphatic heterocycles. The zero-order valence-corrected chi connectivity index (χ0v) is 20.8. The van der Waals surface area contributed by atoms with Crippen LogP contribution in [-0.4, -0.2) is 52.6 Å². The standard InChI is InChI=1S/C22H22N6O5S2/c1-4-32-17-10-8-15(9-11-17)19-23-18(33-27-19)13-28(3)35(30,31)22-26-25-21(34-22)24-20(29)16-7-5-6-14(2)12-16/h5-12H,4,13H2,1-3H3,(H,24,25,29). The monoisotopic (exact) mass is 514 g/mol. The maximum Gasteiger partial charge on any atom is 0.272 e. The molecule has 0 spiro atoms. The van der Waals surface area contributed by atoms with E-state index in [1.54, 1.807) is 42.5 Å². The molecule has 13 heteroatoms. The second-order valence-electron chi connectivity index (χ2n) is 7.43. The summed E-state index contributed by atoms with van der Waals surface area (Å²) in [7, 11) is -2.64. The molecular weight excluding hydrogens is 492 g/mol. The lowest BCUT2D eigenvalue weighted by Gasteiger charge is -2.11. The fourth-order valence-electron chi connectivity index (χ4n) is 3.03. The Kier molecular flexibility index (Phi) is 7.19. The van der Waals surface area contributed by atoms with Crippen LogP contribution in [0.4, 0.5) is 5.13 Å². The third-order valence-electron chi connectivity index (χ3n) is 4.79. The molecule has 0 aliphatic carbocycles.